The lowest BCUT2D eigenvalue weighted by atomic mass is 10.1. The number of hydrogen-bond acceptors (Lipinski definition) is 4. The van der Waals surface area contributed by atoms with Crippen LogP contribution in [-0.2, 0) is 4.79 Å². The van der Waals surface area contributed by atoms with E-state index in [1.54, 1.807) is 22.7 Å². The summed E-state index contributed by atoms with van der Waals surface area (Å²) in [5, 5.41) is 13.3. The van der Waals surface area contributed by atoms with Gasteiger partial charge in [-0.25, -0.2) is 9.50 Å². The zero-order chi connectivity index (χ0) is 15.7. The van der Waals surface area contributed by atoms with E-state index < -0.39 is 0 Å². The third-order valence-corrected chi connectivity index (χ3v) is 3.52. The summed E-state index contributed by atoms with van der Waals surface area (Å²) in [5.41, 5.74) is 3.45. The van der Waals surface area contributed by atoms with Crippen LogP contribution in [0.2, 0.25) is 0 Å². The maximum atomic E-state index is 11.5. The molecule has 0 aliphatic rings. The highest BCUT2D eigenvalue weighted by Crippen LogP contribution is 2.25. The second-order valence-electron chi connectivity index (χ2n) is 4.86. The first kappa shape index (κ1) is 13.8. The molecule has 0 saturated carbocycles. The van der Waals surface area contributed by atoms with E-state index in [1.165, 1.54) is 13.1 Å². The van der Waals surface area contributed by atoms with Gasteiger partial charge in [-0.3, -0.25) is 4.79 Å². The lowest BCUT2D eigenvalue weighted by molar-refractivity contribution is -0.116. The minimum absolute atomic E-state index is 0.0390. The van der Waals surface area contributed by atoms with E-state index in [0.717, 1.165) is 16.9 Å². The lowest BCUT2D eigenvalue weighted by Crippen LogP contribution is -2.22. The number of carbonyl (C=O) groups is 1. The quantitative estimate of drug-likeness (QED) is 0.725. The Morgan fingerprint density at radius 1 is 1.36 bits per heavy atom. The number of nitrogens with zero attached hydrogens (tertiary/aromatic N) is 5. The molecular formula is C16H13N5O. The number of hydrogen-bond donors (Lipinski definition) is 0. The van der Waals surface area contributed by atoms with E-state index in [1.807, 2.05) is 30.3 Å². The molecule has 2 heterocycles. The Bertz CT molecular complexity index is 906. The third kappa shape index (κ3) is 2.19. The highest BCUT2D eigenvalue weighted by atomic mass is 16.2. The highest BCUT2D eigenvalue weighted by Gasteiger charge is 2.11. The summed E-state index contributed by atoms with van der Waals surface area (Å²) < 4.78 is 1.63. The van der Waals surface area contributed by atoms with Crippen LogP contribution >= 0.6 is 0 Å². The van der Waals surface area contributed by atoms with Crippen LogP contribution in [0.15, 0.2) is 42.7 Å². The lowest BCUT2D eigenvalue weighted by Gasteiger charge is -2.16. The molecule has 0 fully saturated rings. The average Bonchev–Trinajstić information content (AvgIpc) is 2.97. The largest absolute Gasteiger partial charge is 0.316 e. The number of amides is 1. The van der Waals surface area contributed by atoms with Crippen LogP contribution in [0.5, 0.6) is 0 Å². The molecule has 0 spiro atoms. The van der Waals surface area contributed by atoms with E-state index in [-0.39, 0.29) is 5.91 Å². The Morgan fingerprint density at radius 2 is 2.18 bits per heavy atom. The summed E-state index contributed by atoms with van der Waals surface area (Å²) >= 11 is 0. The molecule has 0 bridgehead atoms. The Hall–Kier alpha value is -3.20. The topological polar surface area (TPSA) is 74.3 Å². The van der Waals surface area contributed by atoms with Gasteiger partial charge in [-0.1, -0.05) is 12.1 Å². The highest BCUT2D eigenvalue weighted by molar-refractivity contribution is 5.91. The fraction of sp³-hybridized carbons (Fsp3) is 0.125. The Kier molecular flexibility index (Phi) is 3.31. The van der Waals surface area contributed by atoms with Crippen molar-refractivity contribution in [3.05, 3.63) is 48.3 Å². The zero-order valence-corrected chi connectivity index (χ0v) is 12.2. The molecule has 3 rings (SSSR count). The number of carbonyl (C=O) groups excluding carboxylic acids is 1. The summed E-state index contributed by atoms with van der Waals surface area (Å²) in [7, 11) is 1.73. The molecule has 22 heavy (non-hydrogen) atoms. The molecule has 2 aromatic heterocycles. The number of aromatic nitrogens is 3. The van der Waals surface area contributed by atoms with E-state index in [9.17, 15) is 4.79 Å². The summed E-state index contributed by atoms with van der Waals surface area (Å²) in [4.78, 5) is 17.3. The molecule has 0 unspecified atom stereocenters. The average molecular weight is 291 g/mol. The summed E-state index contributed by atoms with van der Waals surface area (Å²) in [5.74, 6) is -0.0390. The van der Waals surface area contributed by atoms with Crippen molar-refractivity contribution >= 4 is 17.2 Å². The molecule has 0 radical (unpaired) electrons. The van der Waals surface area contributed by atoms with Crippen LogP contribution in [0.3, 0.4) is 0 Å². The molecule has 0 aliphatic heterocycles. The molecule has 108 valence electrons. The van der Waals surface area contributed by atoms with Crippen LogP contribution in [0.25, 0.3) is 16.9 Å². The fourth-order valence-electron chi connectivity index (χ4n) is 2.24. The minimum atomic E-state index is -0.0390. The smallest absolute Gasteiger partial charge is 0.223 e. The van der Waals surface area contributed by atoms with Crippen molar-refractivity contribution in [2.45, 2.75) is 6.92 Å². The van der Waals surface area contributed by atoms with E-state index in [4.69, 9.17) is 5.26 Å². The van der Waals surface area contributed by atoms with Crippen LogP contribution in [0.1, 0.15) is 12.5 Å². The van der Waals surface area contributed by atoms with E-state index in [2.05, 4.69) is 16.2 Å². The van der Waals surface area contributed by atoms with Gasteiger partial charge in [-0.05, 0) is 18.2 Å². The predicted molar refractivity (Wildman–Crippen MR) is 82.2 cm³/mol. The molecule has 0 saturated heterocycles. The van der Waals surface area contributed by atoms with Crippen LogP contribution in [0.4, 0.5) is 5.69 Å². The van der Waals surface area contributed by atoms with Gasteiger partial charge in [0.1, 0.15) is 11.6 Å². The minimum Gasteiger partial charge on any atom is -0.316 e. The van der Waals surface area contributed by atoms with Gasteiger partial charge < -0.3 is 4.90 Å². The zero-order valence-electron chi connectivity index (χ0n) is 12.2. The van der Waals surface area contributed by atoms with Gasteiger partial charge in [0.2, 0.25) is 5.91 Å². The molecule has 6 nitrogen and oxygen atoms in total. The van der Waals surface area contributed by atoms with Gasteiger partial charge in [-0.15, -0.1) is 0 Å². The number of rotatable bonds is 2. The van der Waals surface area contributed by atoms with Crippen molar-refractivity contribution in [2.24, 2.45) is 0 Å². The molecule has 1 amide bonds. The van der Waals surface area contributed by atoms with Crippen molar-refractivity contribution in [1.29, 1.82) is 5.26 Å². The number of fused-ring (bicyclic) bond motifs is 1. The molecular weight excluding hydrogens is 278 g/mol. The monoisotopic (exact) mass is 291 g/mol. The predicted octanol–water partition coefficient (Wildman–Crippen LogP) is 2.25. The van der Waals surface area contributed by atoms with Crippen molar-refractivity contribution in [3.63, 3.8) is 0 Å². The first-order valence-corrected chi connectivity index (χ1v) is 6.69. The first-order chi connectivity index (χ1) is 10.6. The summed E-state index contributed by atoms with van der Waals surface area (Å²) in [6.07, 6.45) is 3.14. The van der Waals surface area contributed by atoms with Gasteiger partial charge in [0.05, 0.1) is 11.9 Å². The van der Waals surface area contributed by atoms with Crippen LogP contribution < -0.4 is 4.90 Å². The fourth-order valence-corrected chi connectivity index (χ4v) is 2.24. The molecule has 6 heteroatoms. The van der Waals surface area contributed by atoms with E-state index in [0.29, 0.717) is 11.2 Å². The summed E-state index contributed by atoms with van der Waals surface area (Å²) in [6, 6.07) is 11.5. The molecule has 0 aliphatic carbocycles. The second kappa shape index (κ2) is 5.30. The van der Waals surface area contributed by atoms with Gasteiger partial charge in [0.25, 0.3) is 0 Å². The maximum Gasteiger partial charge on any atom is 0.223 e. The summed E-state index contributed by atoms with van der Waals surface area (Å²) in [6.45, 7) is 1.52. The SMILES string of the molecule is CC(=O)N(C)c1cccc(-c2ccnc3c(C#N)cnn23)c1. The van der Waals surface area contributed by atoms with Crippen molar-refractivity contribution < 1.29 is 4.79 Å². The Morgan fingerprint density at radius 3 is 2.91 bits per heavy atom. The first-order valence-electron chi connectivity index (χ1n) is 6.69. The number of nitriles is 1. The number of benzene rings is 1. The molecule has 3 aromatic rings. The van der Waals surface area contributed by atoms with Gasteiger partial charge in [-0.2, -0.15) is 10.4 Å². The van der Waals surface area contributed by atoms with Crippen molar-refractivity contribution in [3.8, 4) is 17.3 Å². The van der Waals surface area contributed by atoms with Gasteiger partial charge in [0, 0.05) is 31.4 Å². The standard InChI is InChI=1S/C16H13N5O/c1-11(22)20(2)14-5-3-4-12(8-14)15-6-7-18-16-13(9-17)10-19-21(15)16/h3-8,10H,1-2H3. The Labute approximate surface area is 127 Å². The third-order valence-electron chi connectivity index (χ3n) is 3.52. The normalized spacial score (nSPS) is 10.4. The van der Waals surface area contributed by atoms with Gasteiger partial charge >= 0.3 is 0 Å². The van der Waals surface area contributed by atoms with Crippen molar-refractivity contribution in [1.82, 2.24) is 14.6 Å². The molecule has 1 aromatic carbocycles. The second-order valence-corrected chi connectivity index (χ2v) is 4.86. The number of anilines is 1. The Balaban J connectivity index is 2.16. The maximum absolute atomic E-state index is 11.5. The molecule has 0 atom stereocenters. The van der Waals surface area contributed by atoms with Crippen molar-refractivity contribution in [2.75, 3.05) is 11.9 Å². The van der Waals surface area contributed by atoms with Crippen LogP contribution in [-0.4, -0.2) is 27.6 Å². The van der Waals surface area contributed by atoms with Gasteiger partial charge in [0.15, 0.2) is 5.65 Å². The molecule has 0 N–H and O–H groups in total. The van der Waals surface area contributed by atoms with Crippen LogP contribution in [0, 0.1) is 11.3 Å². The van der Waals surface area contributed by atoms with E-state index >= 15 is 0 Å².